The quantitative estimate of drug-likeness (QED) is 0.719. The highest BCUT2D eigenvalue weighted by atomic mass is 16.6. The number of carbonyl (C=O) groups excluding carboxylic acids is 2. The first-order valence-electron chi connectivity index (χ1n) is 9.51. The van der Waals surface area contributed by atoms with Crippen LogP contribution in [0.4, 0.5) is 4.79 Å². The molecule has 2 rings (SSSR count). The van der Waals surface area contributed by atoms with Crippen LogP contribution in [0.15, 0.2) is 0 Å². The molecule has 8 nitrogen and oxygen atoms in total. The minimum Gasteiger partial charge on any atom is -0.480 e. The molecule has 0 aromatic rings. The van der Waals surface area contributed by atoms with Crippen LogP contribution in [0.3, 0.4) is 0 Å². The fourth-order valence-electron chi connectivity index (χ4n) is 4.07. The van der Waals surface area contributed by atoms with E-state index < -0.39 is 29.7 Å². The molecule has 1 aliphatic carbocycles. The fourth-order valence-corrected chi connectivity index (χ4v) is 4.07. The predicted octanol–water partition coefficient (Wildman–Crippen LogP) is 1.40. The van der Waals surface area contributed by atoms with Crippen LogP contribution in [0, 0.1) is 17.3 Å². The van der Waals surface area contributed by atoms with E-state index in [1.54, 1.807) is 20.8 Å². The van der Waals surface area contributed by atoms with Crippen LogP contribution in [0.1, 0.15) is 41.5 Å². The lowest BCUT2D eigenvalue weighted by Crippen LogP contribution is -2.57. The Bertz CT molecular complexity index is 613. The zero-order valence-corrected chi connectivity index (χ0v) is 17.4. The van der Waals surface area contributed by atoms with Gasteiger partial charge in [-0.25, -0.2) is 9.59 Å². The van der Waals surface area contributed by atoms with Crippen molar-refractivity contribution >= 4 is 18.0 Å². The smallest absolute Gasteiger partial charge is 0.408 e. The van der Waals surface area contributed by atoms with Crippen molar-refractivity contribution in [1.29, 1.82) is 0 Å². The molecule has 2 fully saturated rings. The number of nitrogens with one attached hydrogen (secondary N) is 1. The number of carboxylic acids is 1. The third-order valence-electron chi connectivity index (χ3n) is 5.77. The molecule has 1 aliphatic heterocycles. The van der Waals surface area contributed by atoms with Crippen LogP contribution in [0.25, 0.3) is 0 Å². The van der Waals surface area contributed by atoms with Crippen molar-refractivity contribution in [3.63, 3.8) is 0 Å². The topological polar surface area (TPSA) is 99.2 Å². The summed E-state index contributed by atoms with van der Waals surface area (Å²) in [5.74, 6) is -1.20. The van der Waals surface area contributed by atoms with E-state index in [9.17, 15) is 19.5 Å². The number of amides is 2. The molecule has 2 aliphatic rings. The van der Waals surface area contributed by atoms with Crippen molar-refractivity contribution in [2.24, 2.45) is 17.3 Å². The second-order valence-corrected chi connectivity index (χ2v) is 9.28. The monoisotopic (exact) mass is 383 g/mol. The van der Waals surface area contributed by atoms with Gasteiger partial charge in [0.05, 0.1) is 0 Å². The first-order chi connectivity index (χ1) is 12.3. The summed E-state index contributed by atoms with van der Waals surface area (Å²) in [6, 6.07) is -1.69. The normalized spacial score (nSPS) is 27.1. The SMILES string of the molecule is CCN(C)C[C@H](NC(=O)OC(C)(C)C)C(=O)N1C[C@H]2[C@@H]([C@H]1C(=O)O)C2(C)C. The average Bonchev–Trinajstić information content (AvgIpc) is 2.89. The Labute approximate surface area is 161 Å². The molecule has 2 N–H and O–H groups in total. The Morgan fingerprint density at radius 2 is 1.93 bits per heavy atom. The number of carbonyl (C=O) groups is 3. The number of rotatable bonds is 6. The molecule has 0 spiro atoms. The van der Waals surface area contributed by atoms with Gasteiger partial charge < -0.3 is 25.0 Å². The van der Waals surface area contributed by atoms with Crippen LogP contribution < -0.4 is 5.32 Å². The molecular weight excluding hydrogens is 350 g/mol. The van der Waals surface area contributed by atoms with Gasteiger partial charge >= 0.3 is 12.1 Å². The van der Waals surface area contributed by atoms with Crippen molar-refractivity contribution in [3.8, 4) is 0 Å². The van der Waals surface area contributed by atoms with E-state index in [2.05, 4.69) is 5.32 Å². The van der Waals surface area contributed by atoms with Crippen molar-refractivity contribution in [1.82, 2.24) is 15.1 Å². The Kier molecular flexibility index (Phi) is 5.80. The molecule has 0 bridgehead atoms. The third kappa shape index (κ3) is 4.54. The Morgan fingerprint density at radius 1 is 1.33 bits per heavy atom. The first-order valence-corrected chi connectivity index (χ1v) is 9.51. The average molecular weight is 383 g/mol. The van der Waals surface area contributed by atoms with Gasteiger partial charge in [0.2, 0.25) is 5.91 Å². The zero-order valence-electron chi connectivity index (χ0n) is 17.4. The Balaban J connectivity index is 2.16. The molecule has 1 saturated heterocycles. The number of piperidine rings is 1. The highest BCUT2D eigenvalue weighted by Gasteiger charge is 2.69. The van der Waals surface area contributed by atoms with E-state index in [1.165, 1.54) is 4.90 Å². The van der Waals surface area contributed by atoms with Gasteiger partial charge in [-0.05, 0) is 45.7 Å². The third-order valence-corrected chi connectivity index (χ3v) is 5.77. The fraction of sp³-hybridized carbons (Fsp3) is 0.842. The lowest BCUT2D eigenvalue weighted by Gasteiger charge is -2.33. The minimum atomic E-state index is -0.985. The standard InChI is InChI=1S/C19H33N3O5/c1-8-21(7)10-12(20-17(26)27-18(2,3)4)15(23)22-9-11-13(19(11,5)6)14(22)16(24)25/h11-14H,8-10H2,1-7H3,(H,20,26)(H,24,25)/t11-,12-,13-,14-/m0/s1. The van der Waals surface area contributed by atoms with Gasteiger partial charge in [-0.3, -0.25) is 4.79 Å². The van der Waals surface area contributed by atoms with Crippen LogP contribution in [-0.2, 0) is 14.3 Å². The molecule has 0 aromatic heterocycles. The Hall–Kier alpha value is -1.83. The van der Waals surface area contributed by atoms with Gasteiger partial charge in [-0.1, -0.05) is 20.8 Å². The summed E-state index contributed by atoms with van der Waals surface area (Å²) in [7, 11) is 1.84. The summed E-state index contributed by atoms with van der Waals surface area (Å²) in [6.45, 7) is 12.7. The van der Waals surface area contributed by atoms with Crippen molar-refractivity contribution in [2.45, 2.75) is 59.2 Å². The number of nitrogens with zero attached hydrogens (tertiary/aromatic N) is 2. The van der Waals surface area contributed by atoms with Gasteiger partial charge in [-0.15, -0.1) is 0 Å². The van der Waals surface area contributed by atoms with Gasteiger partial charge in [0.25, 0.3) is 0 Å². The van der Waals surface area contributed by atoms with Crippen molar-refractivity contribution < 1.29 is 24.2 Å². The molecule has 8 heteroatoms. The van der Waals surface area contributed by atoms with E-state index in [0.717, 1.165) is 0 Å². The summed E-state index contributed by atoms with van der Waals surface area (Å²) in [5.41, 5.74) is -0.745. The van der Waals surface area contributed by atoms with E-state index in [-0.39, 0.29) is 29.7 Å². The Morgan fingerprint density at radius 3 is 2.41 bits per heavy atom. The molecule has 27 heavy (non-hydrogen) atoms. The maximum absolute atomic E-state index is 13.2. The molecular formula is C19H33N3O5. The predicted molar refractivity (Wildman–Crippen MR) is 100 cm³/mol. The van der Waals surface area contributed by atoms with Crippen molar-refractivity contribution in [3.05, 3.63) is 0 Å². The molecule has 1 saturated carbocycles. The number of ether oxygens (including phenoxy) is 1. The molecule has 0 aromatic carbocycles. The van der Waals surface area contributed by atoms with Gasteiger partial charge in [0.1, 0.15) is 17.7 Å². The molecule has 0 radical (unpaired) electrons. The van der Waals surface area contributed by atoms with E-state index in [4.69, 9.17) is 4.74 Å². The number of hydrogen-bond donors (Lipinski definition) is 2. The number of hydrogen-bond acceptors (Lipinski definition) is 5. The van der Waals surface area contributed by atoms with E-state index >= 15 is 0 Å². The molecule has 0 unspecified atom stereocenters. The van der Waals surface area contributed by atoms with E-state index in [1.807, 2.05) is 32.7 Å². The lowest BCUT2D eigenvalue weighted by molar-refractivity contribution is -0.151. The minimum absolute atomic E-state index is 0.0370. The van der Waals surface area contributed by atoms with Gasteiger partial charge in [0, 0.05) is 19.0 Å². The number of fused-ring (bicyclic) bond motifs is 1. The second-order valence-electron chi connectivity index (χ2n) is 9.28. The number of alkyl carbamates (subject to hydrolysis) is 1. The summed E-state index contributed by atoms with van der Waals surface area (Å²) in [5, 5.41) is 12.3. The van der Waals surface area contributed by atoms with Crippen LogP contribution in [0.5, 0.6) is 0 Å². The first kappa shape index (κ1) is 21.5. The van der Waals surface area contributed by atoms with Crippen LogP contribution in [0.2, 0.25) is 0 Å². The van der Waals surface area contributed by atoms with Crippen LogP contribution >= 0.6 is 0 Å². The summed E-state index contributed by atoms with van der Waals surface area (Å²) < 4.78 is 5.28. The van der Waals surface area contributed by atoms with Gasteiger partial charge in [0.15, 0.2) is 0 Å². The number of likely N-dealkylation sites (tertiary alicyclic amines) is 1. The lowest BCUT2D eigenvalue weighted by atomic mass is 10.0. The summed E-state index contributed by atoms with van der Waals surface area (Å²) >= 11 is 0. The second kappa shape index (κ2) is 7.30. The highest BCUT2D eigenvalue weighted by molar-refractivity contribution is 5.91. The van der Waals surface area contributed by atoms with Gasteiger partial charge in [-0.2, -0.15) is 0 Å². The van der Waals surface area contributed by atoms with Crippen molar-refractivity contribution in [2.75, 3.05) is 26.7 Å². The molecule has 154 valence electrons. The molecule has 4 atom stereocenters. The molecule has 1 heterocycles. The highest BCUT2D eigenvalue weighted by Crippen LogP contribution is 2.64. The summed E-state index contributed by atoms with van der Waals surface area (Å²) in [4.78, 5) is 40.5. The maximum atomic E-state index is 13.2. The largest absolute Gasteiger partial charge is 0.480 e. The number of aliphatic carboxylic acids is 1. The number of likely N-dealkylation sites (N-methyl/N-ethyl adjacent to an activating group) is 1. The van der Waals surface area contributed by atoms with Crippen LogP contribution in [-0.4, -0.2) is 77.2 Å². The molecule has 2 amide bonds. The summed E-state index contributed by atoms with van der Waals surface area (Å²) in [6.07, 6.45) is -0.679. The maximum Gasteiger partial charge on any atom is 0.408 e. The zero-order chi connectivity index (χ0) is 20.7. The number of carboxylic acid groups (broad SMARTS) is 1. The van der Waals surface area contributed by atoms with E-state index in [0.29, 0.717) is 13.1 Å².